The van der Waals surface area contributed by atoms with Gasteiger partial charge in [-0.1, -0.05) is 11.8 Å². The highest BCUT2D eigenvalue weighted by Crippen LogP contribution is 2.33. The molecule has 2 aliphatic heterocycles. The Bertz CT molecular complexity index is 394. The molecule has 2 aliphatic rings. The summed E-state index contributed by atoms with van der Waals surface area (Å²) in [4.78, 5) is 15.2. The van der Waals surface area contributed by atoms with Crippen molar-refractivity contribution in [1.29, 1.82) is 0 Å². The van der Waals surface area contributed by atoms with Crippen LogP contribution in [0.3, 0.4) is 0 Å². The summed E-state index contributed by atoms with van der Waals surface area (Å²) < 4.78 is 10.6. The largest absolute Gasteiger partial charge is 0.447 e. The number of nitrogens with zero attached hydrogens (tertiary/aromatic N) is 1. The lowest BCUT2D eigenvalue weighted by Crippen LogP contribution is -2.60. The number of amidine groups is 1. The van der Waals surface area contributed by atoms with Crippen LogP contribution in [0.4, 0.5) is 4.79 Å². The van der Waals surface area contributed by atoms with Crippen molar-refractivity contribution in [3.8, 4) is 0 Å². The van der Waals surface area contributed by atoms with Gasteiger partial charge >= 0.3 is 6.09 Å². The van der Waals surface area contributed by atoms with Crippen LogP contribution in [0.5, 0.6) is 0 Å². The number of aliphatic imine (C=N–C) groups is 1. The Morgan fingerprint density at radius 3 is 2.95 bits per heavy atom. The van der Waals surface area contributed by atoms with E-state index in [2.05, 4.69) is 15.6 Å². The normalized spacial score (nSPS) is 38.2. The first-order chi connectivity index (χ1) is 9.56. The topological polar surface area (TPSA) is 112 Å². The maximum absolute atomic E-state index is 11.2. The number of carbonyl (C=O) groups excluding carboxylic acids is 1. The van der Waals surface area contributed by atoms with Crippen LogP contribution in [-0.4, -0.2) is 71.5 Å². The molecule has 114 valence electrons. The van der Waals surface area contributed by atoms with Gasteiger partial charge in [-0.3, -0.25) is 4.99 Å². The molecule has 4 N–H and O–H groups in total. The number of ether oxygens (including phenoxy) is 2. The number of amides is 1. The second-order valence-electron chi connectivity index (χ2n) is 4.47. The minimum absolute atomic E-state index is 0.119. The number of fused-ring (bicyclic) bond motifs is 1. The monoisotopic (exact) mass is 305 g/mol. The summed E-state index contributed by atoms with van der Waals surface area (Å²) in [5.41, 5.74) is -0.366. The van der Waals surface area contributed by atoms with Crippen LogP contribution in [0.1, 0.15) is 6.92 Å². The van der Waals surface area contributed by atoms with Crippen molar-refractivity contribution < 1.29 is 24.5 Å². The number of hydrogen-bond donors (Lipinski definition) is 4. The molecule has 5 unspecified atom stereocenters. The molecular weight excluding hydrogens is 286 g/mol. The van der Waals surface area contributed by atoms with Gasteiger partial charge in [0.25, 0.3) is 0 Å². The minimum atomic E-state index is -1.13. The van der Waals surface area contributed by atoms with E-state index in [9.17, 15) is 15.0 Å². The van der Waals surface area contributed by atoms with Gasteiger partial charge in [-0.15, -0.1) is 0 Å². The second kappa shape index (κ2) is 6.61. The molecule has 2 saturated heterocycles. The molecule has 0 aliphatic carbocycles. The predicted octanol–water partition coefficient (Wildman–Crippen LogP) is -1.13. The minimum Gasteiger partial charge on any atom is -0.447 e. The summed E-state index contributed by atoms with van der Waals surface area (Å²) in [6, 6.07) is -0.422. The van der Waals surface area contributed by atoms with Crippen LogP contribution in [0.15, 0.2) is 4.99 Å². The molecule has 0 saturated carbocycles. The first-order valence-electron chi connectivity index (χ1n) is 6.39. The van der Waals surface area contributed by atoms with Crippen LogP contribution in [0.2, 0.25) is 0 Å². The Kier molecular flexibility index (Phi) is 5.08. The Balaban J connectivity index is 1.93. The van der Waals surface area contributed by atoms with E-state index in [1.54, 1.807) is 14.0 Å². The summed E-state index contributed by atoms with van der Waals surface area (Å²) >= 11 is 1.34. The molecule has 9 heteroatoms. The highest BCUT2D eigenvalue weighted by Gasteiger charge is 2.49. The molecule has 2 heterocycles. The Labute approximate surface area is 120 Å². The van der Waals surface area contributed by atoms with E-state index in [1.807, 2.05) is 0 Å². The summed E-state index contributed by atoms with van der Waals surface area (Å²) in [5.74, 6) is 0. The number of aliphatic hydroxyl groups is 2. The van der Waals surface area contributed by atoms with Crippen LogP contribution in [-0.2, 0) is 9.47 Å². The van der Waals surface area contributed by atoms with Gasteiger partial charge in [0.15, 0.2) is 5.17 Å². The quantitative estimate of drug-likeness (QED) is 0.522. The third-order valence-corrected chi connectivity index (χ3v) is 4.28. The van der Waals surface area contributed by atoms with Gasteiger partial charge in [-0.2, -0.15) is 0 Å². The number of aliphatic hydroxyl groups excluding tert-OH is 2. The zero-order valence-electron chi connectivity index (χ0n) is 11.3. The molecule has 0 aromatic rings. The number of carbonyl (C=O) groups is 1. The zero-order valence-corrected chi connectivity index (χ0v) is 12.1. The zero-order chi connectivity index (χ0) is 14.7. The summed E-state index contributed by atoms with van der Waals surface area (Å²) in [7, 11) is 1.63. The first-order valence-corrected chi connectivity index (χ1v) is 7.27. The van der Waals surface area contributed by atoms with E-state index < -0.39 is 30.4 Å². The molecule has 2 rings (SSSR count). The average molecular weight is 305 g/mol. The van der Waals surface area contributed by atoms with Crippen molar-refractivity contribution in [2.24, 2.45) is 4.99 Å². The number of nitrogens with one attached hydrogen (secondary N) is 2. The fourth-order valence-corrected chi connectivity index (χ4v) is 3.18. The van der Waals surface area contributed by atoms with Gasteiger partial charge in [0, 0.05) is 13.6 Å². The molecule has 20 heavy (non-hydrogen) atoms. The summed E-state index contributed by atoms with van der Waals surface area (Å²) in [6.45, 7) is 2.11. The Hall–Kier alpha value is -1.03. The molecule has 0 bridgehead atoms. The second-order valence-corrected chi connectivity index (χ2v) is 5.56. The molecular formula is C11H19N3O5S. The Morgan fingerprint density at radius 1 is 1.55 bits per heavy atom. The smallest absolute Gasteiger partial charge is 0.407 e. The number of hydrogen-bond acceptors (Lipinski definition) is 7. The predicted molar refractivity (Wildman–Crippen MR) is 73.6 cm³/mol. The van der Waals surface area contributed by atoms with Gasteiger partial charge < -0.3 is 30.3 Å². The molecule has 0 spiro atoms. The van der Waals surface area contributed by atoms with Crippen molar-refractivity contribution in [2.45, 2.75) is 36.7 Å². The highest BCUT2D eigenvalue weighted by molar-refractivity contribution is 8.14. The van der Waals surface area contributed by atoms with Gasteiger partial charge in [0.2, 0.25) is 0 Å². The van der Waals surface area contributed by atoms with Gasteiger partial charge in [0.1, 0.15) is 30.4 Å². The lowest BCUT2D eigenvalue weighted by atomic mass is 9.98. The van der Waals surface area contributed by atoms with Crippen molar-refractivity contribution in [1.82, 2.24) is 10.6 Å². The summed E-state index contributed by atoms with van der Waals surface area (Å²) in [6.07, 6.45) is -3.48. The van der Waals surface area contributed by atoms with E-state index in [4.69, 9.17) is 9.47 Å². The summed E-state index contributed by atoms with van der Waals surface area (Å²) in [5, 5.41) is 26.2. The van der Waals surface area contributed by atoms with Gasteiger partial charge in [-0.05, 0) is 6.92 Å². The van der Waals surface area contributed by atoms with E-state index in [1.165, 1.54) is 11.8 Å². The molecule has 0 aromatic carbocycles. The van der Waals surface area contributed by atoms with E-state index in [0.717, 1.165) is 0 Å². The molecule has 1 amide bonds. The van der Waals surface area contributed by atoms with Crippen molar-refractivity contribution in [2.75, 3.05) is 20.2 Å². The number of alkyl carbamates (subject to hydrolysis) is 1. The SMILES string of the molecule is CCNC(=O)OCC1OC2SC(=NC)NC2C(O)C1O. The average Bonchev–Trinajstić information content (AvgIpc) is 2.85. The van der Waals surface area contributed by atoms with Crippen LogP contribution < -0.4 is 10.6 Å². The number of thioether (sulfide) groups is 1. The number of rotatable bonds is 3. The van der Waals surface area contributed by atoms with Crippen molar-refractivity contribution in [3.63, 3.8) is 0 Å². The molecule has 0 aromatic heterocycles. The molecule has 2 fully saturated rings. The maximum Gasteiger partial charge on any atom is 0.407 e. The van der Waals surface area contributed by atoms with E-state index in [-0.39, 0.29) is 12.0 Å². The van der Waals surface area contributed by atoms with Gasteiger partial charge in [-0.25, -0.2) is 4.79 Å². The highest BCUT2D eigenvalue weighted by atomic mass is 32.2. The first kappa shape index (κ1) is 15.4. The third kappa shape index (κ3) is 3.17. The fraction of sp³-hybridized carbons (Fsp3) is 0.818. The molecule has 5 atom stereocenters. The fourth-order valence-electron chi connectivity index (χ4n) is 2.08. The van der Waals surface area contributed by atoms with Crippen molar-refractivity contribution >= 4 is 23.0 Å². The molecule has 0 radical (unpaired) electrons. The third-order valence-electron chi connectivity index (χ3n) is 3.12. The maximum atomic E-state index is 11.2. The lowest BCUT2D eigenvalue weighted by Gasteiger charge is -2.38. The van der Waals surface area contributed by atoms with Gasteiger partial charge in [0.05, 0.1) is 6.04 Å². The van der Waals surface area contributed by atoms with Crippen LogP contribution >= 0.6 is 11.8 Å². The van der Waals surface area contributed by atoms with E-state index in [0.29, 0.717) is 11.7 Å². The van der Waals surface area contributed by atoms with E-state index >= 15 is 0 Å². The van der Waals surface area contributed by atoms with Crippen molar-refractivity contribution in [3.05, 3.63) is 0 Å². The molecule has 8 nitrogen and oxygen atoms in total. The van der Waals surface area contributed by atoms with Crippen LogP contribution in [0, 0.1) is 0 Å². The Morgan fingerprint density at radius 2 is 2.30 bits per heavy atom. The lowest BCUT2D eigenvalue weighted by molar-refractivity contribution is -0.167. The van der Waals surface area contributed by atoms with Crippen LogP contribution in [0.25, 0.3) is 0 Å². The standard InChI is InChI=1S/C11H19N3O5S/c1-3-13-11(17)18-4-5-7(15)8(16)6-9(19-5)20-10(12-2)14-6/h5-9,15-16H,3-4H2,1-2H3,(H,12,14)(H,13,17).